The van der Waals surface area contributed by atoms with E-state index in [0.29, 0.717) is 6.04 Å². The highest BCUT2D eigenvalue weighted by Gasteiger charge is 2.38. The number of carboxylic acid groups (broad SMARTS) is 1. The van der Waals surface area contributed by atoms with E-state index in [0.717, 1.165) is 13.1 Å². The molecule has 0 amide bonds. The van der Waals surface area contributed by atoms with Crippen molar-refractivity contribution in [1.82, 2.24) is 5.32 Å². The highest BCUT2D eigenvalue weighted by molar-refractivity contribution is 5.73. The molecule has 0 aliphatic carbocycles. The fraction of sp³-hybridized carbons (Fsp3) is 0.857. The second-order valence-corrected chi connectivity index (χ2v) is 2.91. The summed E-state index contributed by atoms with van der Waals surface area (Å²) in [6.07, 6.45) is -2.63. The minimum atomic E-state index is -5.08. The van der Waals surface area contributed by atoms with Crippen molar-refractivity contribution in [2.24, 2.45) is 5.73 Å². The Hall–Kier alpha value is -0.820. The standard InChI is InChI=1S/C5H12N2.C2HF3O2/c6-5-2-1-3-7-4-5;3-2(4,5)1(6)7/h5,7H,1-4,6H2;(H,6,7). The average molecular weight is 214 g/mol. The van der Waals surface area contributed by atoms with Crippen LogP contribution in [0.3, 0.4) is 0 Å². The van der Waals surface area contributed by atoms with Gasteiger partial charge in [0.2, 0.25) is 0 Å². The monoisotopic (exact) mass is 214 g/mol. The minimum Gasteiger partial charge on any atom is -0.475 e. The molecule has 14 heavy (non-hydrogen) atoms. The molecule has 4 nitrogen and oxygen atoms in total. The summed E-state index contributed by atoms with van der Waals surface area (Å²) in [7, 11) is 0. The van der Waals surface area contributed by atoms with Crippen LogP contribution in [0.5, 0.6) is 0 Å². The minimum absolute atomic E-state index is 0.425. The van der Waals surface area contributed by atoms with Crippen molar-refractivity contribution in [1.29, 1.82) is 0 Å². The van der Waals surface area contributed by atoms with Gasteiger partial charge in [-0.15, -0.1) is 0 Å². The SMILES string of the molecule is NC1CCCNC1.O=C(O)C(F)(F)F. The maximum atomic E-state index is 10.6. The van der Waals surface area contributed by atoms with Crippen molar-refractivity contribution >= 4 is 5.97 Å². The van der Waals surface area contributed by atoms with Gasteiger partial charge in [0.1, 0.15) is 0 Å². The number of rotatable bonds is 0. The van der Waals surface area contributed by atoms with Crippen LogP contribution in [0.4, 0.5) is 13.2 Å². The van der Waals surface area contributed by atoms with Gasteiger partial charge in [0.25, 0.3) is 0 Å². The van der Waals surface area contributed by atoms with E-state index in [1.807, 2.05) is 0 Å². The summed E-state index contributed by atoms with van der Waals surface area (Å²) in [4.78, 5) is 8.90. The predicted octanol–water partition coefficient (Wildman–Crippen LogP) is 0.330. The summed E-state index contributed by atoms with van der Waals surface area (Å²) in [5, 5.41) is 10.3. The maximum absolute atomic E-state index is 10.6. The number of hydrogen-bond acceptors (Lipinski definition) is 3. The summed E-state index contributed by atoms with van der Waals surface area (Å²) < 4.78 is 31.7. The van der Waals surface area contributed by atoms with Gasteiger partial charge in [-0.25, -0.2) is 4.79 Å². The van der Waals surface area contributed by atoms with Crippen molar-refractivity contribution in [2.75, 3.05) is 13.1 Å². The van der Waals surface area contributed by atoms with E-state index in [1.54, 1.807) is 0 Å². The zero-order valence-corrected chi connectivity index (χ0v) is 7.47. The summed E-state index contributed by atoms with van der Waals surface area (Å²) in [5.74, 6) is -2.76. The summed E-state index contributed by atoms with van der Waals surface area (Å²) in [6.45, 7) is 2.17. The summed E-state index contributed by atoms with van der Waals surface area (Å²) >= 11 is 0. The molecule has 1 heterocycles. The molecule has 0 aromatic heterocycles. The number of nitrogens with one attached hydrogen (secondary N) is 1. The van der Waals surface area contributed by atoms with Crippen molar-refractivity contribution in [2.45, 2.75) is 25.1 Å². The van der Waals surface area contributed by atoms with Crippen molar-refractivity contribution in [3.63, 3.8) is 0 Å². The van der Waals surface area contributed by atoms with Crippen LogP contribution in [0.25, 0.3) is 0 Å². The quantitative estimate of drug-likeness (QED) is 0.543. The van der Waals surface area contributed by atoms with E-state index in [1.165, 1.54) is 12.8 Å². The normalized spacial score (nSPS) is 22.1. The molecule has 0 saturated carbocycles. The van der Waals surface area contributed by atoms with Gasteiger partial charge in [0.15, 0.2) is 0 Å². The van der Waals surface area contributed by atoms with Crippen LogP contribution in [0.2, 0.25) is 0 Å². The largest absolute Gasteiger partial charge is 0.490 e. The smallest absolute Gasteiger partial charge is 0.475 e. The maximum Gasteiger partial charge on any atom is 0.490 e. The third-order valence-corrected chi connectivity index (χ3v) is 1.58. The second-order valence-electron chi connectivity index (χ2n) is 2.91. The van der Waals surface area contributed by atoms with Gasteiger partial charge in [-0.1, -0.05) is 0 Å². The van der Waals surface area contributed by atoms with Gasteiger partial charge in [-0.05, 0) is 19.4 Å². The van der Waals surface area contributed by atoms with E-state index in [-0.39, 0.29) is 0 Å². The van der Waals surface area contributed by atoms with E-state index >= 15 is 0 Å². The molecule has 1 atom stereocenters. The first-order chi connectivity index (χ1) is 6.34. The van der Waals surface area contributed by atoms with Crippen LogP contribution >= 0.6 is 0 Å². The molecule has 1 rings (SSSR count). The van der Waals surface area contributed by atoms with Crippen LogP contribution in [-0.4, -0.2) is 36.4 Å². The lowest BCUT2D eigenvalue weighted by Gasteiger charge is -2.17. The molecular formula is C7H13F3N2O2. The van der Waals surface area contributed by atoms with E-state index in [4.69, 9.17) is 15.6 Å². The van der Waals surface area contributed by atoms with Gasteiger partial charge in [-0.2, -0.15) is 13.2 Å². The van der Waals surface area contributed by atoms with Crippen molar-refractivity contribution < 1.29 is 23.1 Å². The molecule has 0 aromatic carbocycles. The van der Waals surface area contributed by atoms with Crippen LogP contribution in [-0.2, 0) is 4.79 Å². The number of hydrogen-bond donors (Lipinski definition) is 3. The zero-order chi connectivity index (χ0) is 11.2. The third-order valence-electron chi connectivity index (χ3n) is 1.58. The average Bonchev–Trinajstić information content (AvgIpc) is 2.04. The Balaban J connectivity index is 0.000000241. The molecular weight excluding hydrogens is 201 g/mol. The predicted molar refractivity (Wildman–Crippen MR) is 43.8 cm³/mol. The number of nitrogens with two attached hydrogens (primary N) is 1. The van der Waals surface area contributed by atoms with Crippen LogP contribution in [0, 0.1) is 0 Å². The Morgan fingerprint density at radius 3 is 2.14 bits per heavy atom. The number of piperidine rings is 1. The molecule has 7 heteroatoms. The van der Waals surface area contributed by atoms with Crippen molar-refractivity contribution in [3.05, 3.63) is 0 Å². The molecule has 84 valence electrons. The Bertz CT molecular complexity index is 178. The zero-order valence-electron chi connectivity index (χ0n) is 7.47. The highest BCUT2D eigenvalue weighted by Crippen LogP contribution is 2.13. The summed E-state index contributed by atoms with van der Waals surface area (Å²) in [6, 6.07) is 0.425. The number of halogens is 3. The lowest BCUT2D eigenvalue weighted by atomic mass is 10.1. The Morgan fingerprint density at radius 2 is 2.00 bits per heavy atom. The van der Waals surface area contributed by atoms with Gasteiger partial charge in [-0.3, -0.25) is 0 Å². The Labute approximate surface area is 79.3 Å². The first-order valence-electron chi connectivity index (χ1n) is 4.10. The topological polar surface area (TPSA) is 75.3 Å². The molecule has 1 aliphatic rings. The van der Waals surface area contributed by atoms with E-state index < -0.39 is 12.1 Å². The lowest BCUT2D eigenvalue weighted by molar-refractivity contribution is -0.192. The second kappa shape index (κ2) is 5.82. The highest BCUT2D eigenvalue weighted by atomic mass is 19.4. The first-order valence-corrected chi connectivity index (χ1v) is 4.10. The van der Waals surface area contributed by atoms with Crippen LogP contribution in [0.1, 0.15) is 12.8 Å². The number of aliphatic carboxylic acids is 1. The molecule has 4 N–H and O–H groups in total. The molecule has 0 radical (unpaired) electrons. The van der Waals surface area contributed by atoms with Gasteiger partial charge in [0, 0.05) is 12.6 Å². The van der Waals surface area contributed by atoms with Gasteiger partial charge < -0.3 is 16.2 Å². The third kappa shape index (κ3) is 6.67. The fourth-order valence-corrected chi connectivity index (χ4v) is 0.879. The first kappa shape index (κ1) is 13.2. The molecule has 1 saturated heterocycles. The van der Waals surface area contributed by atoms with Gasteiger partial charge in [0.05, 0.1) is 0 Å². The molecule has 0 spiro atoms. The van der Waals surface area contributed by atoms with Crippen LogP contribution < -0.4 is 11.1 Å². The fourth-order valence-electron chi connectivity index (χ4n) is 0.879. The molecule has 1 unspecified atom stereocenters. The Kier molecular flexibility index (Phi) is 5.47. The van der Waals surface area contributed by atoms with Crippen molar-refractivity contribution in [3.8, 4) is 0 Å². The number of alkyl halides is 3. The van der Waals surface area contributed by atoms with Gasteiger partial charge >= 0.3 is 12.1 Å². The Morgan fingerprint density at radius 1 is 1.50 bits per heavy atom. The van der Waals surface area contributed by atoms with E-state index in [9.17, 15) is 13.2 Å². The van der Waals surface area contributed by atoms with Crippen LogP contribution in [0.15, 0.2) is 0 Å². The number of carboxylic acids is 1. The van der Waals surface area contributed by atoms with E-state index in [2.05, 4.69) is 5.32 Å². The molecule has 0 aromatic rings. The summed E-state index contributed by atoms with van der Waals surface area (Å²) in [5.41, 5.74) is 5.57. The lowest BCUT2D eigenvalue weighted by Crippen LogP contribution is -2.39. The molecule has 0 bridgehead atoms. The molecule has 1 fully saturated rings. The molecule has 1 aliphatic heterocycles. The number of carbonyl (C=O) groups is 1.